The second-order valence-corrected chi connectivity index (χ2v) is 4.26. The Hall–Kier alpha value is 0.630. The van der Waals surface area contributed by atoms with Crippen molar-refractivity contribution in [3.05, 3.63) is 0 Å². The summed E-state index contributed by atoms with van der Waals surface area (Å²) in [7, 11) is 0. The van der Waals surface area contributed by atoms with Gasteiger partial charge in [-0.3, -0.25) is 4.79 Å². The molecule has 0 aromatic carbocycles. The van der Waals surface area contributed by atoms with Gasteiger partial charge in [-0.15, -0.1) is 23.2 Å². The number of rotatable bonds is 4. The lowest BCUT2D eigenvalue weighted by molar-refractivity contribution is -0.136. The highest BCUT2D eigenvalue weighted by Crippen LogP contribution is 2.33. The molecule has 0 aromatic heterocycles. The SMILES string of the molecule is O=C(O)C(Cl)C(Cl)(Cl)CCCl. The number of halogens is 4. The normalized spacial score (nSPS) is 14.5. The van der Waals surface area contributed by atoms with Crippen LogP contribution in [0.5, 0.6) is 0 Å². The van der Waals surface area contributed by atoms with Gasteiger partial charge in [0.05, 0.1) is 0 Å². The highest BCUT2D eigenvalue weighted by atomic mass is 35.5. The summed E-state index contributed by atoms with van der Waals surface area (Å²) >= 11 is 21.8. The molecule has 1 atom stereocenters. The predicted octanol–water partition coefficient (Wildman–Crippen LogP) is 2.48. The highest BCUT2D eigenvalue weighted by Gasteiger charge is 2.38. The molecule has 1 N–H and O–H groups in total. The Bertz CT molecular complexity index is 147. The quantitative estimate of drug-likeness (QED) is 0.766. The molecule has 0 aliphatic heterocycles. The van der Waals surface area contributed by atoms with Crippen LogP contribution in [-0.2, 0) is 4.79 Å². The van der Waals surface area contributed by atoms with Crippen LogP contribution in [0.4, 0.5) is 0 Å². The minimum absolute atomic E-state index is 0.137. The van der Waals surface area contributed by atoms with Gasteiger partial charge in [0.15, 0.2) is 5.38 Å². The first-order chi connectivity index (χ1) is 4.91. The molecule has 0 saturated carbocycles. The van der Waals surface area contributed by atoms with Gasteiger partial charge in [-0.05, 0) is 6.42 Å². The maximum absolute atomic E-state index is 10.3. The number of hydrogen-bond donors (Lipinski definition) is 1. The summed E-state index contributed by atoms with van der Waals surface area (Å²) in [5, 5.41) is 7.07. The Labute approximate surface area is 84.4 Å². The summed E-state index contributed by atoms with van der Waals surface area (Å²) in [6, 6.07) is 0. The molecule has 0 rings (SSSR count). The Morgan fingerprint density at radius 2 is 2.00 bits per heavy atom. The van der Waals surface area contributed by atoms with Crippen LogP contribution in [0.2, 0.25) is 0 Å². The molecule has 1 unspecified atom stereocenters. The zero-order chi connectivity index (χ0) is 9.07. The van der Waals surface area contributed by atoms with Gasteiger partial charge in [-0.1, -0.05) is 23.2 Å². The molecule has 0 spiro atoms. The van der Waals surface area contributed by atoms with Gasteiger partial charge >= 0.3 is 5.97 Å². The minimum atomic E-state index is -1.49. The second kappa shape index (κ2) is 4.61. The molecule has 0 aliphatic carbocycles. The van der Waals surface area contributed by atoms with Crippen LogP contribution in [0, 0.1) is 0 Å². The van der Waals surface area contributed by atoms with Crippen LogP contribution < -0.4 is 0 Å². The van der Waals surface area contributed by atoms with E-state index in [2.05, 4.69) is 0 Å². The monoisotopic (exact) mass is 238 g/mol. The lowest BCUT2D eigenvalue weighted by Crippen LogP contribution is -2.33. The van der Waals surface area contributed by atoms with Gasteiger partial charge in [-0.2, -0.15) is 0 Å². The van der Waals surface area contributed by atoms with E-state index in [1.54, 1.807) is 0 Å². The molecule has 0 fully saturated rings. The molecule has 11 heavy (non-hydrogen) atoms. The highest BCUT2D eigenvalue weighted by molar-refractivity contribution is 6.55. The summed E-state index contributed by atoms with van der Waals surface area (Å²) in [5.41, 5.74) is 0. The third-order valence-electron chi connectivity index (χ3n) is 1.02. The van der Waals surface area contributed by atoms with Crippen molar-refractivity contribution < 1.29 is 9.90 Å². The Kier molecular flexibility index (Phi) is 4.87. The number of carboxylic acids is 1. The van der Waals surface area contributed by atoms with E-state index < -0.39 is 15.7 Å². The number of carbonyl (C=O) groups is 1. The number of carboxylic acid groups (broad SMARTS) is 1. The van der Waals surface area contributed by atoms with Crippen molar-refractivity contribution in [1.82, 2.24) is 0 Å². The molecule has 0 aliphatic rings. The average Bonchev–Trinajstić information content (AvgIpc) is 1.86. The van der Waals surface area contributed by atoms with E-state index >= 15 is 0 Å². The first-order valence-electron chi connectivity index (χ1n) is 2.72. The summed E-state index contributed by atoms with van der Waals surface area (Å²) in [6.45, 7) is 0. The molecule has 0 heterocycles. The van der Waals surface area contributed by atoms with Crippen molar-refractivity contribution in [2.75, 3.05) is 5.88 Å². The fraction of sp³-hybridized carbons (Fsp3) is 0.800. The third-order valence-corrected chi connectivity index (χ3v) is 2.80. The van der Waals surface area contributed by atoms with Crippen LogP contribution >= 0.6 is 46.4 Å². The topological polar surface area (TPSA) is 37.3 Å². The van der Waals surface area contributed by atoms with Gasteiger partial charge < -0.3 is 5.11 Å². The maximum atomic E-state index is 10.3. The summed E-state index contributed by atoms with van der Waals surface area (Å²) in [5.74, 6) is -1.08. The van der Waals surface area contributed by atoms with Crippen LogP contribution in [-0.4, -0.2) is 26.7 Å². The van der Waals surface area contributed by atoms with Gasteiger partial charge in [0.2, 0.25) is 0 Å². The summed E-state index contributed by atoms with van der Waals surface area (Å²) in [4.78, 5) is 10.3. The standard InChI is InChI=1S/C5H6Cl4O2/c6-2-1-5(8,9)3(7)4(10)11/h3H,1-2H2,(H,10,11). The van der Waals surface area contributed by atoms with Crippen LogP contribution in [0.25, 0.3) is 0 Å². The molecule has 0 bridgehead atoms. The molecule has 0 amide bonds. The molecule has 6 heteroatoms. The molecular weight excluding hydrogens is 234 g/mol. The van der Waals surface area contributed by atoms with E-state index in [9.17, 15) is 4.79 Å². The van der Waals surface area contributed by atoms with Crippen molar-refractivity contribution in [2.24, 2.45) is 0 Å². The average molecular weight is 240 g/mol. The molecule has 2 nitrogen and oxygen atoms in total. The molecule has 0 saturated heterocycles. The fourth-order valence-electron chi connectivity index (χ4n) is 0.433. The summed E-state index contributed by atoms with van der Waals surface area (Å²) in [6.07, 6.45) is 0.137. The van der Waals surface area contributed by atoms with Crippen molar-refractivity contribution >= 4 is 52.4 Å². The summed E-state index contributed by atoms with van der Waals surface area (Å²) < 4.78 is -1.49. The van der Waals surface area contributed by atoms with E-state index in [0.29, 0.717) is 0 Å². The van der Waals surface area contributed by atoms with E-state index in [4.69, 9.17) is 51.5 Å². The molecule has 0 radical (unpaired) electrons. The van der Waals surface area contributed by atoms with Gasteiger partial charge in [-0.25, -0.2) is 0 Å². The lowest BCUT2D eigenvalue weighted by atomic mass is 10.2. The number of alkyl halides is 4. The fourth-order valence-corrected chi connectivity index (χ4v) is 1.41. The van der Waals surface area contributed by atoms with Crippen LogP contribution in [0.1, 0.15) is 6.42 Å². The predicted molar refractivity (Wildman–Crippen MR) is 47.1 cm³/mol. The van der Waals surface area contributed by atoms with E-state index in [-0.39, 0.29) is 12.3 Å². The van der Waals surface area contributed by atoms with Crippen LogP contribution in [0.3, 0.4) is 0 Å². The van der Waals surface area contributed by atoms with Gasteiger partial charge in [0, 0.05) is 5.88 Å². The minimum Gasteiger partial charge on any atom is -0.480 e. The Morgan fingerprint density at radius 3 is 2.27 bits per heavy atom. The second-order valence-electron chi connectivity index (χ2n) is 1.90. The number of aliphatic carboxylic acids is 1. The zero-order valence-corrected chi connectivity index (χ0v) is 8.38. The third kappa shape index (κ3) is 3.70. The smallest absolute Gasteiger partial charge is 0.324 e. The first-order valence-corrected chi connectivity index (χ1v) is 4.45. The molecular formula is C5H6Cl4O2. The number of hydrogen-bond acceptors (Lipinski definition) is 1. The van der Waals surface area contributed by atoms with Gasteiger partial charge in [0.25, 0.3) is 0 Å². The van der Waals surface area contributed by atoms with E-state index in [0.717, 1.165) is 0 Å². The molecule has 0 aromatic rings. The van der Waals surface area contributed by atoms with Gasteiger partial charge in [0.1, 0.15) is 4.33 Å². The van der Waals surface area contributed by atoms with Crippen LogP contribution in [0.15, 0.2) is 0 Å². The Balaban J connectivity index is 4.16. The van der Waals surface area contributed by atoms with Crippen molar-refractivity contribution in [2.45, 2.75) is 16.1 Å². The van der Waals surface area contributed by atoms with Crippen molar-refractivity contribution in [3.63, 3.8) is 0 Å². The van der Waals surface area contributed by atoms with E-state index in [1.807, 2.05) is 0 Å². The zero-order valence-electron chi connectivity index (χ0n) is 5.36. The molecule has 66 valence electrons. The largest absolute Gasteiger partial charge is 0.480 e. The first kappa shape index (κ1) is 11.6. The lowest BCUT2D eigenvalue weighted by Gasteiger charge is -2.20. The Morgan fingerprint density at radius 1 is 1.55 bits per heavy atom. The maximum Gasteiger partial charge on any atom is 0.324 e. The van der Waals surface area contributed by atoms with Crippen molar-refractivity contribution in [1.29, 1.82) is 0 Å². The van der Waals surface area contributed by atoms with E-state index in [1.165, 1.54) is 0 Å². The van der Waals surface area contributed by atoms with Crippen molar-refractivity contribution in [3.8, 4) is 0 Å².